The number of rotatable bonds is 4. The van der Waals surface area contributed by atoms with Gasteiger partial charge in [-0.25, -0.2) is 15.0 Å². The van der Waals surface area contributed by atoms with E-state index in [4.69, 9.17) is 19.4 Å². The van der Waals surface area contributed by atoms with Crippen molar-refractivity contribution < 1.29 is 4.42 Å². The lowest BCUT2D eigenvalue weighted by molar-refractivity contribution is 0.669. The van der Waals surface area contributed by atoms with Gasteiger partial charge < -0.3 is 4.42 Å². The number of hydrogen-bond acceptors (Lipinski definition) is 4. The fourth-order valence-corrected chi connectivity index (χ4v) is 7.13. The summed E-state index contributed by atoms with van der Waals surface area (Å²) < 4.78 is 6.45. The third-order valence-corrected chi connectivity index (χ3v) is 9.50. The lowest BCUT2D eigenvalue weighted by atomic mass is 9.96. The molecule has 0 aliphatic heterocycles. The molecule has 2 heterocycles. The molecule has 0 bridgehead atoms. The molecule has 0 fully saturated rings. The van der Waals surface area contributed by atoms with Gasteiger partial charge in [-0.05, 0) is 67.7 Å². The molecule has 4 nitrogen and oxygen atoms in total. The zero-order valence-corrected chi connectivity index (χ0v) is 26.3. The molecule has 0 saturated carbocycles. The van der Waals surface area contributed by atoms with Crippen LogP contribution in [0, 0.1) is 0 Å². The van der Waals surface area contributed by atoms with Gasteiger partial charge in [-0.2, -0.15) is 0 Å². The molecule has 0 N–H and O–H groups in total. The van der Waals surface area contributed by atoms with Crippen LogP contribution in [0.4, 0.5) is 0 Å². The van der Waals surface area contributed by atoms with E-state index >= 15 is 0 Å². The van der Waals surface area contributed by atoms with Gasteiger partial charge in [0.25, 0.3) is 0 Å². The molecule has 0 aliphatic carbocycles. The summed E-state index contributed by atoms with van der Waals surface area (Å²) in [6.07, 6.45) is 0. The molecule has 4 heteroatoms. The summed E-state index contributed by atoms with van der Waals surface area (Å²) in [4.78, 5) is 15.5. The van der Waals surface area contributed by atoms with Gasteiger partial charge in [-0.15, -0.1) is 0 Å². The molecular formula is C45H27N3O. The van der Waals surface area contributed by atoms with E-state index in [-0.39, 0.29) is 0 Å². The van der Waals surface area contributed by atoms with E-state index in [1.807, 2.05) is 54.6 Å². The predicted molar refractivity (Wildman–Crippen MR) is 201 cm³/mol. The normalized spacial score (nSPS) is 11.7. The molecule has 2 aromatic heterocycles. The van der Waals surface area contributed by atoms with Crippen molar-refractivity contribution in [1.29, 1.82) is 0 Å². The first kappa shape index (κ1) is 27.5. The number of hydrogen-bond donors (Lipinski definition) is 0. The van der Waals surface area contributed by atoms with E-state index in [1.54, 1.807) is 0 Å². The largest absolute Gasteiger partial charge is 0.456 e. The van der Waals surface area contributed by atoms with Crippen molar-refractivity contribution in [3.05, 3.63) is 164 Å². The van der Waals surface area contributed by atoms with Crippen LogP contribution in [0.5, 0.6) is 0 Å². The summed E-state index contributed by atoms with van der Waals surface area (Å²) in [5.41, 5.74) is 6.52. The Balaban J connectivity index is 1.25. The second kappa shape index (κ2) is 11.0. The molecule has 49 heavy (non-hydrogen) atoms. The van der Waals surface area contributed by atoms with Gasteiger partial charge in [-0.1, -0.05) is 140 Å². The van der Waals surface area contributed by atoms with Crippen LogP contribution in [0.2, 0.25) is 0 Å². The highest BCUT2D eigenvalue weighted by Gasteiger charge is 2.20. The summed E-state index contributed by atoms with van der Waals surface area (Å²) in [7, 11) is 0. The number of benzene rings is 8. The Morgan fingerprint density at radius 2 is 0.918 bits per heavy atom. The number of furan rings is 1. The number of nitrogens with zero attached hydrogens (tertiary/aromatic N) is 3. The molecule has 8 aromatic carbocycles. The molecule has 0 aliphatic rings. The van der Waals surface area contributed by atoms with Crippen molar-refractivity contribution in [1.82, 2.24) is 15.0 Å². The van der Waals surface area contributed by atoms with Crippen LogP contribution in [0.3, 0.4) is 0 Å². The van der Waals surface area contributed by atoms with Crippen molar-refractivity contribution in [2.75, 3.05) is 0 Å². The van der Waals surface area contributed by atoms with E-state index in [2.05, 4.69) is 109 Å². The van der Waals surface area contributed by atoms with Gasteiger partial charge in [0.15, 0.2) is 17.5 Å². The van der Waals surface area contributed by atoms with Crippen LogP contribution >= 0.6 is 0 Å². The minimum Gasteiger partial charge on any atom is -0.456 e. The average Bonchev–Trinajstić information content (AvgIpc) is 3.56. The zero-order valence-electron chi connectivity index (χ0n) is 26.3. The maximum Gasteiger partial charge on any atom is 0.164 e. The van der Waals surface area contributed by atoms with Gasteiger partial charge in [0.1, 0.15) is 11.2 Å². The van der Waals surface area contributed by atoms with Crippen LogP contribution in [0.25, 0.3) is 99.5 Å². The van der Waals surface area contributed by atoms with E-state index < -0.39 is 0 Å². The average molecular weight is 626 g/mol. The summed E-state index contributed by atoms with van der Waals surface area (Å²) in [5, 5.41) is 9.27. The van der Waals surface area contributed by atoms with Crippen LogP contribution in [-0.4, -0.2) is 15.0 Å². The second-order valence-electron chi connectivity index (χ2n) is 12.4. The number of aromatic nitrogens is 3. The van der Waals surface area contributed by atoms with E-state index in [0.717, 1.165) is 49.8 Å². The monoisotopic (exact) mass is 625 g/mol. The molecule has 10 rings (SSSR count). The lowest BCUT2D eigenvalue weighted by Gasteiger charge is -2.12. The Morgan fingerprint density at radius 1 is 0.327 bits per heavy atom. The van der Waals surface area contributed by atoms with Gasteiger partial charge >= 0.3 is 0 Å². The van der Waals surface area contributed by atoms with Crippen LogP contribution in [0.1, 0.15) is 0 Å². The third-order valence-electron chi connectivity index (χ3n) is 9.50. The smallest absolute Gasteiger partial charge is 0.164 e. The molecule has 0 saturated heterocycles. The Labute approximate surface area is 282 Å². The highest BCUT2D eigenvalue weighted by molar-refractivity contribution is 6.18. The maximum atomic E-state index is 6.45. The second-order valence-corrected chi connectivity index (χ2v) is 12.4. The standard InChI is InChI=1S/C45H27N3O/c1-3-11-28(12-4-1)33-26-39(42-37-17-9-10-18-40(37)49-41(42)27-33)45-47-43(31-14-5-2-6-15-31)46-44(48-45)32-20-19-30-22-23-35-34-16-8-7-13-29(34)21-24-36(35)38(30)25-32/h1-27H. The van der Waals surface area contributed by atoms with Gasteiger partial charge in [0.2, 0.25) is 0 Å². The number of fused-ring (bicyclic) bond motifs is 8. The quantitative estimate of drug-likeness (QED) is 0.183. The Morgan fingerprint density at radius 3 is 1.71 bits per heavy atom. The predicted octanol–water partition coefficient (Wildman–Crippen LogP) is 11.9. The van der Waals surface area contributed by atoms with E-state index in [1.165, 1.54) is 32.3 Å². The Bertz CT molecular complexity index is 2880. The summed E-state index contributed by atoms with van der Waals surface area (Å²) in [6, 6.07) is 56.9. The topological polar surface area (TPSA) is 51.8 Å². The number of para-hydroxylation sites is 1. The molecule has 0 atom stereocenters. The third kappa shape index (κ3) is 4.57. The first-order chi connectivity index (χ1) is 24.3. The molecule has 10 aromatic rings. The van der Waals surface area contributed by atoms with Crippen LogP contribution < -0.4 is 0 Å². The van der Waals surface area contributed by atoms with Crippen molar-refractivity contribution in [3.8, 4) is 45.3 Å². The minimum absolute atomic E-state index is 0.599. The fraction of sp³-hybridized carbons (Fsp3) is 0. The Hall–Kier alpha value is -6.65. The zero-order chi connectivity index (χ0) is 32.3. The van der Waals surface area contributed by atoms with Crippen molar-refractivity contribution in [3.63, 3.8) is 0 Å². The molecule has 228 valence electrons. The molecular weight excluding hydrogens is 599 g/mol. The highest BCUT2D eigenvalue weighted by Crippen LogP contribution is 2.40. The van der Waals surface area contributed by atoms with Gasteiger partial charge in [-0.3, -0.25) is 0 Å². The van der Waals surface area contributed by atoms with Crippen LogP contribution in [0.15, 0.2) is 168 Å². The molecule has 0 unspecified atom stereocenters. The fourth-order valence-electron chi connectivity index (χ4n) is 7.13. The SMILES string of the molecule is c1ccc(-c2cc(-c3nc(-c4ccccc4)nc(-c4ccc5ccc6c7ccccc7ccc6c5c4)n3)c3c(c2)oc2ccccc23)cc1. The first-order valence-electron chi connectivity index (χ1n) is 16.4. The highest BCUT2D eigenvalue weighted by atomic mass is 16.3. The Kier molecular flexibility index (Phi) is 6.15. The molecule has 0 radical (unpaired) electrons. The van der Waals surface area contributed by atoms with Crippen molar-refractivity contribution >= 4 is 54.3 Å². The minimum atomic E-state index is 0.599. The molecule has 0 amide bonds. The maximum absolute atomic E-state index is 6.45. The van der Waals surface area contributed by atoms with Crippen molar-refractivity contribution in [2.45, 2.75) is 0 Å². The summed E-state index contributed by atoms with van der Waals surface area (Å²) in [5.74, 6) is 1.84. The lowest BCUT2D eigenvalue weighted by Crippen LogP contribution is -2.00. The first-order valence-corrected chi connectivity index (χ1v) is 16.4. The van der Waals surface area contributed by atoms with Crippen LogP contribution in [-0.2, 0) is 0 Å². The van der Waals surface area contributed by atoms with E-state index in [9.17, 15) is 0 Å². The summed E-state index contributed by atoms with van der Waals surface area (Å²) >= 11 is 0. The van der Waals surface area contributed by atoms with E-state index in [0.29, 0.717) is 17.5 Å². The molecule has 0 spiro atoms. The van der Waals surface area contributed by atoms with Gasteiger partial charge in [0.05, 0.1) is 0 Å². The van der Waals surface area contributed by atoms with Gasteiger partial charge in [0, 0.05) is 27.5 Å². The summed E-state index contributed by atoms with van der Waals surface area (Å²) in [6.45, 7) is 0. The van der Waals surface area contributed by atoms with Crippen molar-refractivity contribution in [2.24, 2.45) is 0 Å².